The van der Waals surface area contributed by atoms with E-state index in [1.54, 1.807) is 0 Å². The lowest BCUT2D eigenvalue weighted by atomic mass is 9.97. The van der Waals surface area contributed by atoms with Crippen LogP contribution < -0.4 is 10.5 Å². The van der Waals surface area contributed by atoms with Crippen molar-refractivity contribution >= 4 is 11.8 Å². The first-order chi connectivity index (χ1) is 15.6. The van der Waals surface area contributed by atoms with Crippen molar-refractivity contribution in [1.82, 2.24) is 25.6 Å². The van der Waals surface area contributed by atoms with Crippen LogP contribution in [0.3, 0.4) is 0 Å². The fourth-order valence-electron chi connectivity index (χ4n) is 3.67. The Balaban J connectivity index is 1.77. The van der Waals surface area contributed by atoms with Crippen molar-refractivity contribution in [2.45, 2.75) is 19.9 Å². The number of carboxylic acid groups (broad SMARTS) is 1. The molecule has 32 heavy (non-hydrogen) atoms. The van der Waals surface area contributed by atoms with Crippen LogP contribution in [0, 0.1) is 0 Å². The van der Waals surface area contributed by atoms with E-state index >= 15 is 0 Å². The number of carboxylic acids is 1. The van der Waals surface area contributed by atoms with Crippen molar-refractivity contribution in [2.24, 2.45) is 0 Å². The minimum atomic E-state index is -1.09. The van der Waals surface area contributed by atoms with Crippen LogP contribution in [0.4, 0.5) is 5.82 Å². The molecule has 4 aromatic rings. The average Bonchev–Trinajstić information content (AvgIpc) is 3.34. The molecule has 0 saturated carbocycles. The summed E-state index contributed by atoms with van der Waals surface area (Å²) in [7, 11) is 0. The van der Waals surface area contributed by atoms with Gasteiger partial charge in [0.25, 0.3) is 0 Å². The van der Waals surface area contributed by atoms with E-state index in [0.717, 1.165) is 28.7 Å². The van der Waals surface area contributed by atoms with E-state index in [9.17, 15) is 14.7 Å². The molecule has 162 valence electrons. The van der Waals surface area contributed by atoms with E-state index < -0.39 is 5.97 Å². The van der Waals surface area contributed by atoms with Gasteiger partial charge in [-0.05, 0) is 40.5 Å². The Labute approximate surface area is 183 Å². The smallest absolute Gasteiger partial charge is 0.339 e. The van der Waals surface area contributed by atoms with Gasteiger partial charge in [-0.25, -0.2) is 4.79 Å². The number of tetrazole rings is 1. The van der Waals surface area contributed by atoms with E-state index in [0.29, 0.717) is 24.7 Å². The summed E-state index contributed by atoms with van der Waals surface area (Å²) in [6, 6.07) is 18.4. The third kappa shape index (κ3) is 4.41. The molecule has 0 radical (unpaired) electrons. The fraction of sp³-hybridized carbons (Fsp3) is 0.174. The van der Waals surface area contributed by atoms with Crippen LogP contribution in [-0.4, -0.2) is 43.2 Å². The van der Waals surface area contributed by atoms with Gasteiger partial charge in [0.1, 0.15) is 11.4 Å². The summed E-state index contributed by atoms with van der Waals surface area (Å²) in [5.74, 6) is -0.337. The number of aromatic carboxylic acids is 1. The first-order valence-corrected chi connectivity index (χ1v) is 10.2. The van der Waals surface area contributed by atoms with Crippen LogP contribution in [0.5, 0.6) is 0 Å². The molecule has 0 fully saturated rings. The number of carbonyl (C=O) groups is 1. The summed E-state index contributed by atoms with van der Waals surface area (Å²) in [6.07, 6.45) is 0.774. The minimum Gasteiger partial charge on any atom is -0.478 e. The fourth-order valence-corrected chi connectivity index (χ4v) is 3.67. The SMILES string of the molecule is CCCN(Cc1ccc(-c2ccccc2)c(-c2nn[nH]n2)c1)c1[nH]c(=O)ccc1C(=O)O. The lowest BCUT2D eigenvalue weighted by Crippen LogP contribution is -2.28. The molecule has 0 spiro atoms. The standard InChI is InChI=1S/C23H22N6O3/c1-2-12-29(22-18(23(31)32)10-11-20(30)24-22)14-15-8-9-17(16-6-4-3-5-7-16)19(13-15)21-25-27-28-26-21/h3-11,13H,2,12,14H2,1H3,(H,24,30)(H,31,32)(H,25,26,27,28). The highest BCUT2D eigenvalue weighted by molar-refractivity contribution is 5.93. The van der Waals surface area contributed by atoms with E-state index in [4.69, 9.17) is 0 Å². The quantitative estimate of drug-likeness (QED) is 0.391. The van der Waals surface area contributed by atoms with Crippen molar-refractivity contribution in [3.63, 3.8) is 0 Å². The normalized spacial score (nSPS) is 10.8. The van der Waals surface area contributed by atoms with E-state index in [2.05, 4.69) is 25.6 Å². The molecular formula is C23H22N6O3. The second-order valence-electron chi connectivity index (χ2n) is 7.29. The van der Waals surface area contributed by atoms with Gasteiger partial charge < -0.3 is 15.0 Å². The number of hydrogen-bond acceptors (Lipinski definition) is 6. The molecule has 9 heteroatoms. The van der Waals surface area contributed by atoms with Gasteiger partial charge in [0.05, 0.1) is 0 Å². The Bertz CT molecular complexity index is 1270. The predicted molar refractivity (Wildman–Crippen MR) is 120 cm³/mol. The topological polar surface area (TPSA) is 128 Å². The molecule has 2 aromatic carbocycles. The number of benzene rings is 2. The highest BCUT2D eigenvalue weighted by atomic mass is 16.4. The number of aromatic amines is 2. The molecule has 2 heterocycles. The number of H-pyrrole nitrogens is 2. The lowest BCUT2D eigenvalue weighted by Gasteiger charge is -2.25. The third-order valence-corrected chi connectivity index (χ3v) is 5.07. The number of hydrogen-bond donors (Lipinski definition) is 3. The van der Waals surface area contributed by atoms with Crippen LogP contribution in [0.15, 0.2) is 65.5 Å². The number of rotatable bonds is 8. The third-order valence-electron chi connectivity index (χ3n) is 5.07. The van der Waals surface area contributed by atoms with Gasteiger partial charge in [-0.2, -0.15) is 5.21 Å². The second-order valence-corrected chi connectivity index (χ2v) is 7.29. The summed E-state index contributed by atoms with van der Waals surface area (Å²) >= 11 is 0. The molecule has 0 bridgehead atoms. The first kappa shape index (κ1) is 21.0. The average molecular weight is 430 g/mol. The van der Waals surface area contributed by atoms with Gasteiger partial charge in [-0.15, -0.1) is 10.2 Å². The van der Waals surface area contributed by atoms with Crippen molar-refractivity contribution in [2.75, 3.05) is 11.4 Å². The number of aromatic nitrogens is 5. The Morgan fingerprint density at radius 1 is 1.06 bits per heavy atom. The molecule has 2 aromatic heterocycles. The van der Waals surface area contributed by atoms with Gasteiger partial charge >= 0.3 is 5.97 Å². The van der Waals surface area contributed by atoms with Gasteiger partial charge in [0, 0.05) is 24.7 Å². The molecule has 0 aliphatic carbocycles. The predicted octanol–water partition coefficient (Wildman–Crippen LogP) is 3.34. The summed E-state index contributed by atoms with van der Waals surface area (Å²) in [4.78, 5) is 28.2. The van der Waals surface area contributed by atoms with Gasteiger partial charge in [-0.3, -0.25) is 4.79 Å². The maximum absolute atomic E-state index is 11.9. The van der Waals surface area contributed by atoms with E-state index in [1.807, 2.05) is 60.4 Å². The van der Waals surface area contributed by atoms with Gasteiger partial charge in [0.15, 0.2) is 0 Å². The Kier molecular flexibility index (Phi) is 6.07. The summed E-state index contributed by atoms with van der Waals surface area (Å²) in [5, 5.41) is 24.1. The van der Waals surface area contributed by atoms with Crippen molar-refractivity contribution in [3.8, 4) is 22.5 Å². The molecule has 4 rings (SSSR count). The first-order valence-electron chi connectivity index (χ1n) is 10.2. The molecule has 0 aliphatic rings. The number of nitrogens with zero attached hydrogens (tertiary/aromatic N) is 4. The van der Waals surface area contributed by atoms with Crippen LogP contribution >= 0.6 is 0 Å². The minimum absolute atomic E-state index is 0.0531. The molecule has 0 atom stereocenters. The van der Waals surface area contributed by atoms with E-state index in [1.165, 1.54) is 12.1 Å². The van der Waals surface area contributed by atoms with Crippen LogP contribution in [0.25, 0.3) is 22.5 Å². The Morgan fingerprint density at radius 2 is 1.88 bits per heavy atom. The van der Waals surface area contributed by atoms with Crippen molar-refractivity contribution in [3.05, 3.63) is 82.1 Å². The highest BCUT2D eigenvalue weighted by Crippen LogP contribution is 2.31. The number of pyridine rings is 1. The molecular weight excluding hydrogens is 408 g/mol. The van der Waals surface area contributed by atoms with Crippen LogP contribution in [-0.2, 0) is 6.54 Å². The second kappa shape index (κ2) is 9.25. The maximum Gasteiger partial charge on any atom is 0.339 e. The Hall–Kier alpha value is -4.27. The molecule has 0 aliphatic heterocycles. The van der Waals surface area contributed by atoms with E-state index in [-0.39, 0.29) is 11.1 Å². The highest BCUT2D eigenvalue weighted by Gasteiger charge is 2.19. The zero-order valence-electron chi connectivity index (χ0n) is 17.4. The molecule has 0 unspecified atom stereocenters. The van der Waals surface area contributed by atoms with Crippen molar-refractivity contribution < 1.29 is 9.90 Å². The number of anilines is 1. The zero-order chi connectivity index (χ0) is 22.5. The lowest BCUT2D eigenvalue weighted by molar-refractivity contribution is 0.0697. The largest absolute Gasteiger partial charge is 0.478 e. The van der Waals surface area contributed by atoms with Gasteiger partial charge in [-0.1, -0.05) is 49.4 Å². The maximum atomic E-state index is 11.9. The molecule has 0 saturated heterocycles. The number of nitrogens with one attached hydrogen (secondary N) is 2. The summed E-state index contributed by atoms with van der Waals surface area (Å²) in [6.45, 7) is 2.96. The summed E-state index contributed by atoms with van der Waals surface area (Å²) in [5.41, 5.74) is 3.40. The molecule has 0 amide bonds. The van der Waals surface area contributed by atoms with Crippen LogP contribution in [0.2, 0.25) is 0 Å². The van der Waals surface area contributed by atoms with Crippen LogP contribution in [0.1, 0.15) is 29.3 Å². The molecule has 3 N–H and O–H groups in total. The Morgan fingerprint density at radius 3 is 2.56 bits per heavy atom. The summed E-state index contributed by atoms with van der Waals surface area (Å²) < 4.78 is 0. The zero-order valence-corrected chi connectivity index (χ0v) is 17.4. The van der Waals surface area contributed by atoms with Crippen molar-refractivity contribution in [1.29, 1.82) is 0 Å². The van der Waals surface area contributed by atoms with Gasteiger partial charge in [0.2, 0.25) is 11.4 Å². The monoisotopic (exact) mass is 430 g/mol. The molecule has 9 nitrogen and oxygen atoms in total.